The largest absolute Gasteiger partial charge is 0.372 e. The van der Waals surface area contributed by atoms with Crippen LogP contribution in [0.1, 0.15) is 43.5 Å². The molecular formula is C12H17ClN2O. The monoisotopic (exact) mass is 240 g/mol. The summed E-state index contributed by atoms with van der Waals surface area (Å²) in [5.41, 5.74) is 1.23. The zero-order chi connectivity index (χ0) is 11.0. The number of imidazole rings is 1. The van der Waals surface area contributed by atoms with E-state index in [1.807, 2.05) is 12.5 Å². The van der Waals surface area contributed by atoms with Gasteiger partial charge in [-0.3, -0.25) is 0 Å². The Labute approximate surface area is 101 Å². The van der Waals surface area contributed by atoms with E-state index in [0.29, 0.717) is 17.8 Å². The fourth-order valence-electron chi connectivity index (χ4n) is 2.52. The maximum absolute atomic E-state index is 6.03. The molecule has 4 heteroatoms. The SMILES string of the molecule is ClCC1CCCOC1c1cncn1C1CC1. The van der Waals surface area contributed by atoms with Gasteiger partial charge in [0.2, 0.25) is 0 Å². The van der Waals surface area contributed by atoms with Gasteiger partial charge in [0, 0.05) is 24.4 Å². The first-order chi connectivity index (χ1) is 7.90. The van der Waals surface area contributed by atoms with E-state index >= 15 is 0 Å². The van der Waals surface area contributed by atoms with Crippen molar-refractivity contribution in [1.82, 2.24) is 9.55 Å². The van der Waals surface area contributed by atoms with E-state index in [1.165, 1.54) is 25.0 Å². The minimum atomic E-state index is 0.161. The summed E-state index contributed by atoms with van der Waals surface area (Å²) < 4.78 is 8.19. The normalized spacial score (nSPS) is 30.6. The van der Waals surface area contributed by atoms with Crippen LogP contribution >= 0.6 is 11.6 Å². The lowest BCUT2D eigenvalue weighted by molar-refractivity contribution is -0.0253. The van der Waals surface area contributed by atoms with Gasteiger partial charge in [0.05, 0.1) is 18.2 Å². The lowest BCUT2D eigenvalue weighted by Crippen LogP contribution is -2.25. The Morgan fingerprint density at radius 2 is 2.31 bits per heavy atom. The van der Waals surface area contributed by atoms with E-state index in [4.69, 9.17) is 16.3 Å². The second-order valence-electron chi connectivity index (χ2n) is 4.80. The highest BCUT2D eigenvalue weighted by molar-refractivity contribution is 6.18. The summed E-state index contributed by atoms with van der Waals surface area (Å²) in [6.07, 6.45) is 8.91. The molecule has 2 fully saturated rings. The van der Waals surface area contributed by atoms with Crippen molar-refractivity contribution in [3.63, 3.8) is 0 Å². The predicted molar refractivity (Wildman–Crippen MR) is 62.6 cm³/mol. The van der Waals surface area contributed by atoms with Gasteiger partial charge in [-0.1, -0.05) is 0 Å². The molecule has 1 aliphatic carbocycles. The van der Waals surface area contributed by atoms with Crippen LogP contribution in [0.25, 0.3) is 0 Å². The molecule has 1 saturated heterocycles. The van der Waals surface area contributed by atoms with Crippen LogP contribution in [0, 0.1) is 5.92 Å². The molecule has 1 aromatic rings. The Balaban J connectivity index is 1.85. The summed E-state index contributed by atoms with van der Waals surface area (Å²) in [6, 6.07) is 0.666. The van der Waals surface area contributed by atoms with Crippen molar-refractivity contribution in [2.75, 3.05) is 12.5 Å². The number of alkyl halides is 1. The van der Waals surface area contributed by atoms with Gasteiger partial charge in [0.15, 0.2) is 0 Å². The van der Waals surface area contributed by atoms with E-state index in [9.17, 15) is 0 Å². The molecule has 1 saturated carbocycles. The van der Waals surface area contributed by atoms with Gasteiger partial charge in [-0.2, -0.15) is 0 Å². The van der Waals surface area contributed by atoms with E-state index in [1.54, 1.807) is 0 Å². The minimum Gasteiger partial charge on any atom is -0.372 e. The second-order valence-corrected chi connectivity index (χ2v) is 5.11. The van der Waals surface area contributed by atoms with Crippen molar-refractivity contribution in [1.29, 1.82) is 0 Å². The van der Waals surface area contributed by atoms with Crippen LogP contribution in [-0.4, -0.2) is 22.0 Å². The van der Waals surface area contributed by atoms with E-state index < -0.39 is 0 Å². The smallest absolute Gasteiger partial charge is 0.103 e. The lowest BCUT2D eigenvalue weighted by Gasteiger charge is -2.30. The number of nitrogens with zero attached hydrogens (tertiary/aromatic N) is 2. The molecule has 0 amide bonds. The topological polar surface area (TPSA) is 27.1 Å². The number of halogens is 1. The summed E-state index contributed by atoms with van der Waals surface area (Å²) in [7, 11) is 0. The molecule has 2 heterocycles. The highest BCUT2D eigenvalue weighted by Gasteiger charge is 2.33. The Kier molecular flexibility index (Phi) is 2.90. The highest BCUT2D eigenvalue weighted by Crippen LogP contribution is 2.40. The van der Waals surface area contributed by atoms with Gasteiger partial charge >= 0.3 is 0 Å². The van der Waals surface area contributed by atoms with Crippen LogP contribution in [0.5, 0.6) is 0 Å². The van der Waals surface area contributed by atoms with Crippen LogP contribution in [0.2, 0.25) is 0 Å². The molecule has 1 aromatic heterocycles. The van der Waals surface area contributed by atoms with Crippen molar-refractivity contribution in [2.45, 2.75) is 37.8 Å². The van der Waals surface area contributed by atoms with E-state index in [0.717, 1.165) is 13.0 Å². The maximum Gasteiger partial charge on any atom is 0.103 e. The van der Waals surface area contributed by atoms with Crippen molar-refractivity contribution in [3.8, 4) is 0 Å². The summed E-state index contributed by atoms with van der Waals surface area (Å²) in [4.78, 5) is 4.27. The van der Waals surface area contributed by atoms with Gasteiger partial charge in [-0.25, -0.2) is 4.98 Å². The van der Waals surface area contributed by atoms with Gasteiger partial charge in [0.25, 0.3) is 0 Å². The summed E-state index contributed by atoms with van der Waals surface area (Å²) in [5.74, 6) is 1.13. The molecule has 1 aliphatic heterocycles. The molecular weight excluding hydrogens is 224 g/mol. The van der Waals surface area contributed by atoms with E-state index in [-0.39, 0.29) is 6.10 Å². The molecule has 0 radical (unpaired) electrons. The molecule has 16 heavy (non-hydrogen) atoms. The second kappa shape index (κ2) is 4.38. The van der Waals surface area contributed by atoms with Crippen molar-refractivity contribution >= 4 is 11.6 Å². The molecule has 2 unspecified atom stereocenters. The fourth-order valence-corrected chi connectivity index (χ4v) is 2.84. The van der Waals surface area contributed by atoms with Gasteiger partial charge in [-0.15, -0.1) is 11.6 Å². The summed E-state index contributed by atoms with van der Waals surface area (Å²) >= 11 is 6.03. The van der Waals surface area contributed by atoms with Crippen LogP contribution in [0.15, 0.2) is 12.5 Å². The molecule has 3 rings (SSSR count). The van der Waals surface area contributed by atoms with Crippen LogP contribution < -0.4 is 0 Å². The van der Waals surface area contributed by atoms with Crippen LogP contribution in [0.3, 0.4) is 0 Å². The van der Waals surface area contributed by atoms with E-state index in [2.05, 4.69) is 9.55 Å². The van der Waals surface area contributed by atoms with Crippen molar-refractivity contribution in [2.24, 2.45) is 5.92 Å². The Bertz CT molecular complexity index is 362. The number of aromatic nitrogens is 2. The number of ether oxygens (including phenoxy) is 1. The zero-order valence-corrected chi connectivity index (χ0v) is 10.1. The molecule has 2 aliphatic rings. The van der Waals surface area contributed by atoms with Gasteiger partial charge < -0.3 is 9.30 Å². The first-order valence-electron chi connectivity index (χ1n) is 6.09. The molecule has 88 valence electrons. The standard InChI is InChI=1S/C12H17ClN2O/c13-6-9-2-1-5-16-12(9)11-7-14-8-15(11)10-3-4-10/h7-10,12H,1-6H2. The first-order valence-corrected chi connectivity index (χ1v) is 6.63. The highest BCUT2D eigenvalue weighted by atomic mass is 35.5. The fraction of sp³-hybridized carbons (Fsp3) is 0.750. The molecule has 0 spiro atoms. The number of hydrogen-bond donors (Lipinski definition) is 0. The average Bonchev–Trinajstić information content (AvgIpc) is 3.07. The van der Waals surface area contributed by atoms with Gasteiger partial charge in [-0.05, 0) is 25.7 Å². The van der Waals surface area contributed by atoms with Crippen LogP contribution in [0.4, 0.5) is 0 Å². The summed E-state index contributed by atoms with van der Waals surface area (Å²) in [6.45, 7) is 0.855. The van der Waals surface area contributed by atoms with Gasteiger partial charge in [0.1, 0.15) is 6.10 Å². The minimum absolute atomic E-state index is 0.161. The zero-order valence-electron chi connectivity index (χ0n) is 9.31. The third kappa shape index (κ3) is 1.87. The quantitative estimate of drug-likeness (QED) is 0.760. The van der Waals surface area contributed by atoms with Crippen molar-refractivity contribution in [3.05, 3.63) is 18.2 Å². The molecule has 3 nitrogen and oxygen atoms in total. The molecule has 0 aromatic carbocycles. The van der Waals surface area contributed by atoms with Crippen molar-refractivity contribution < 1.29 is 4.74 Å². The molecule has 0 N–H and O–H groups in total. The lowest BCUT2D eigenvalue weighted by atomic mass is 9.94. The molecule has 2 atom stereocenters. The third-order valence-electron chi connectivity index (χ3n) is 3.57. The van der Waals surface area contributed by atoms with Crippen LogP contribution in [-0.2, 0) is 4.74 Å². The predicted octanol–water partition coefficient (Wildman–Crippen LogP) is 2.92. The third-order valence-corrected chi connectivity index (χ3v) is 3.97. The number of rotatable bonds is 3. The number of hydrogen-bond acceptors (Lipinski definition) is 2. The summed E-state index contributed by atoms with van der Waals surface area (Å²) in [5, 5.41) is 0. The maximum atomic E-state index is 6.03. The Morgan fingerprint density at radius 1 is 1.44 bits per heavy atom. The Morgan fingerprint density at radius 3 is 3.06 bits per heavy atom. The first kappa shape index (κ1) is 10.6. The molecule has 0 bridgehead atoms. The Hall–Kier alpha value is -0.540. The average molecular weight is 241 g/mol.